The Bertz CT molecular complexity index is 732. The van der Waals surface area contributed by atoms with Crippen molar-refractivity contribution >= 4 is 34.4 Å². The number of nitrogens with zero attached hydrogens (tertiary/aromatic N) is 3. The van der Waals surface area contributed by atoms with Gasteiger partial charge in [0.15, 0.2) is 0 Å². The summed E-state index contributed by atoms with van der Waals surface area (Å²) >= 11 is 2.16. The van der Waals surface area contributed by atoms with Gasteiger partial charge in [0.1, 0.15) is 0 Å². The van der Waals surface area contributed by atoms with Gasteiger partial charge in [-0.15, -0.1) is 0 Å². The first-order valence-corrected chi connectivity index (χ1v) is 8.91. The summed E-state index contributed by atoms with van der Waals surface area (Å²) in [6.45, 7) is 5.28. The zero-order chi connectivity index (χ0) is 16.9. The third-order valence-corrected chi connectivity index (χ3v) is 4.68. The Kier molecular flexibility index (Phi) is 5.62. The van der Waals surface area contributed by atoms with Crippen LogP contribution >= 0.6 is 22.6 Å². The van der Waals surface area contributed by atoms with Crippen molar-refractivity contribution in [2.45, 2.75) is 13.5 Å². The van der Waals surface area contributed by atoms with Crippen LogP contribution in [-0.2, 0) is 11.3 Å². The van der Waals surface area contributed by atoms with Gasteiger partial charge in [-0.05, 0) is 47.7 Å². The van der Waals surface area contributed by atoms with Crippen molar-refractivity contribution < 1.29 is 9.53 Å². The van der Waals surface area contributed by atoms with E-state index in [1.807, 2.05) is 37.3 Å². The number of hydrogen-bond acceptors (Lipinski definition) is 5. The van der Waals surface area contributed by atoms with Crippen molar-refractivity contribution in [3.05, 3.63) is 50.9 Å². The molecule has 24 heavy (non-hydrogen) atoms. The fourth-order valence-electron chi connectivity index (χ4n) is 2.52. The van der Waals surface area contributed by atoms with Crippen LogP contribution in [0.1, 0.15) is 21.7 Å². The maximum atomic E-state index is 12.3. The van der Waals surface area contributed by atoms with Crippen LogP contribution in [-0.4, -0.2) is 42.2 Å². The largest absolute Gasteiger partial charge is 0.378 e. The summed E-state index contributed by atoms with van der Waals surface area (Å²) < 4.78 is 6.30. The van der Waals surface area contributed by atoms with Crippen LogP contribution in [0, 0.1) is 10.5 Å². The van der Waals surface area contributed by atoms with E-state index in [1.165, 1.54) is 0 Å². The predicted molar refractivity (Wildman–Crippen MR) is 100 cm³/mol. The summed E-state index contributed by atoms with van der Waals surface area (Å²) in [5.74, 6) is 0.612. The number of benzene rings is 1. The van der Waals surface area contributed by atoms with E-state index < -0.39 is 0 Å². The Morgan fingerprint density at radius 1 is 1.29 bits per heavy atom. The molecule has 1 aliphatic heterocycles. The van der Waals surface area contributed by atoms with Gasteiger partial charge in [0.25, 0.3) is 5.91 Å². The molecular formula is C17H19IN4O2. The minimum atomic E-state index is -0.0933. The summed E-state index contributed by atoms with van der Waals surface area (Å²) in [7, 11) is 0. The molecule has 1 N–H and O–H groups in total. The molecule has 3 rings (SSSR count). The van der Waals surface area contributed by atoms with Crippen molar-refractivity contribution in [2.75, 3.05) is 31.2 Å². The molecule has 6 nitrogen and oxygen atoms in total. The Labute approximate surface area is 154 Å². The SMILES string of the molecule is Cc1cc(CNC(=O)c2ccccc2I)nc(N2CCOCC2)n1. The van der Waals surface area contributed by atoms with E-state index >= 15 is 0 Å². The number of halogens is 1. The molecule has 1 aliphatic rings. The second kappa shape index (κ2) is 7.89. The van der Waals surface area contributed by atoms with Gasteiger partial charge < -0.3 is 15.0 Å². The highest BCUT2D eigenvalue weighted by molar-refractivity contribution is 14.1. The molecule has 0 bridgehead atoms. The summed E-state index contributed by atoms with van der Waals surface area (Å²) in [6.07, 6.45) is 0. The van der Waals surface area contributed by atoms with Gasteiger partial charge in [-0.1, -0.05) is 12.1 Å². The highest BCUT2D eigenvalue weighted by atomic mass is 127. The highest BCUT2D eigenvalue weighted by Gasteiger charge is 2.15. The van der Waals surface area contributed by atoms with Crippen molar-refractivity contribution in [1.29, 1.82) is 0 Å². The number of amides is 1. The maximum Gasteiger partial charge on any atom is 0.252 e. The molecular weight excluding hydrogens is 419 g/mol. The molecule has 0 aliphatic carbocycles. The van der Waals surface area contributed by atoms with E-state index in [0.717, 1.165) is 28.0 Å². The molecule has 126 valence electrons. The average molecular weight is 438 g/mol. The minimum Gasteiger partial charge on any atom is -0.378 e. The quantitative estimate of drug-likeness (QED) is 0.742. The van der Waals surface area contributed by atoms with E-state index in [2.05, 4.69) is 42.8 Å². The van der Waals surface area contributed by atoms with Crippen LogP contribution in [0.5, 0.6) is 0 Å². The van der Waals surface area contributed by atoms with Crippen molar-refractivity contribution in [3.63, 3.8) is 0 Å². The molecule has 0 atom stereocenters. The number of carbonyl (C=O) groups is 1. The minimum absolute atomic E-state index is 0.0933. The van der Waals surface area contributed by atoms with Gasteiger partial charge in [0.05, 0.1) is 31.0 Å². The predicted octanol–water partition coefficient (Wildman–Crippen LogP) is 2.16. The Morgan fingerprint density at radius 2 is 2.04 bits per heavy atom. The summed E-state index contributed by atoms with van der Waals surface area (Å²) in [5.41, 5.74) is 2.38. The third kappa shape index (κ3) is 4.21. The first-order chi connectivity index (χ1) is 11.6. The molecule has 7 heteroatoms. The van der Waals surface area contributed by atoms with Crippen molar-refractivity contribution in [2.24, 2.45) is 0 Å². The van der Waals surface area contributed by atoms with Gasteiger partial charge >= 0.3 is 0 Å². The zero-order valence-electron chi connectivity index (χ0n) is 13.5. The van der Waals surface area contributed by atoms with Crippen LogP contribution in [0.15, 0.2) is 30.3 Å². The molecule has 2 aromatic rings. The molecule has 0 saturated carbocycles. The molecule has 2 heterocycles. The molecule has 1 amide bonds. The number of aromatic nitrogens is 2. The zero-order valence-corrected chi connectivity index (χ0v) is 15.6. The Hall–Kier alpha value is -1.74. The number of hydrogen-bond donors (Lipinski definition) is 1. The van der Waals surface area contributed by atoms with Gasteiger partial charge in [0.2, 0.25) is 5.95 Å². The van der Waals surface area contributed by atoms with Crippen LogP contribution in [0.3, 0.4) is 0 Å². The fraction of sp³-hybridized carbons (Fsp3) is 0.353. The van der Waals surface area contributed by atoms with Crippen LogP contribution < -0.4 is 10.2 Å². The summed E-state index contributed by atoms with van der Waals surface area (Å²) in [5, 5.41) is 2.94. The number of aryl methyl sites for hydroxylation is 1. The number of nitrogens with one attached hydrogen (secondary N) is 1. The van der Waals surface area contributed by atoms with Crippen LogP contribution in [0.2, 0.25) is 0 Å². The highest BCUT2D eigenvalue weighted by Crippen LogP contribution is 2.14. The first-order valence-electron chi connectivity index (χ1n) is 7.83. The monoisotopic (exact) mass is 438 g/mol. The Balaban J connectivity index is 1.70. The number of anilines is 1. The fourth-order valence-corrected chi connectivity index (χ4v) is 3.16. The standard InChI is InChI=1S/C17H19IN4O2/c1-12-10-13(21-17(20-12)22-6-8-24-9-7-22)11-19-16(23)14-4-2-3-5-15(14)18/h2-5,10H,6-9,11H2,1H3,(H,19,23). The van der Waals surface area contributed by atoms with Crippen molar-refractivity contribution in [1.82, 2.24) is 15.3 Å². The average Bonchev–Trinajstić information content (AvgIpc) is 2.60. The van der Waals surface area contributed by atoms with E-state index in [0.29, 0.717) is 31.3 Å². The number of rotatable bonds is 4. The number of morpholine rings is 1. The van der Waals surface area contributed by atoms with E-state index in [9.17, 15) is 4.79 Å². The molecule has 1 aromatic heterocycles. The third-order valence-electron chi connectivity index (χ3n) is 3.74. The van der Waals surface area contributed by atoms with Gasteiger partial charge in [-0.2, -0.15) is 0 Å². The molecule has 1 fully saturated rings. The number of ether oxygens (including phenoxy) is 1. The van der Waals surface area contributed by atoms with E-state index in [-0.39, 0.29) is 5.91 Å². The molecule has 0 radical (unpaired) electrons. The topological polar surface area (TPSA) is 67.4 Å². The lowest BCUT2D eigenvalue weighted by atomic mass is 10.2. The number of carbonyl (C=O) groups excluding carboxylic acids is 1. The molecule has 1 saturated heterocycles. The Morgan fingerprint density at radius 3 is 2.79 bits per heavy atom. The second-order valence-electron chi connectivity index (χ2n) is 5.56. The second-order valence-corrected chi connectivity index (χ2v) is 6.72. The van der Waals surface area contributed by atoms with Crippen molar-refractivity contribution in [3.8, 4) is 0 Å². The van der Waals surface area contributed by atoms with Crippen LogP contribution in [0.25, 0.3) is 0 Å². The summed E-state index contributed by atoms with van der Waals surface area (Å²) in [4.78, 5) is 23.5. The maximum absolute atomic E-state index is 12.3. The molecule has 1 aromatic carbocycles. The normalized spacial score (nSPS) is 14.5. The van der Waals surface area contributed by atoms with Gasteiger partial charge in [-0.25, -0.2) is 9.97 Å². The van der Waals surface area contributed by atoms with Gasteiger partial charge in [0, 0.05) is 22.4 Å². The van der Waals surface area contributed by atoms with Crippen LogP contribution in [0.4, 0.5) is 5.95 Å². The van der Waals surface area contributed by atoms with Gasteiger partial charge in [-0.3, -0.25) is 4.79 Å². The van der Waals surface area contributed by atoms with E-state index in [4.69, 9.17) is 4.74 Å². The lowest BCUT2D eigenvalue weighted by molar-refractivity contribution is 0.0949. The smallest absolute Gasteiger partial charge is 0.252 e. The first kappa shape index (κ1) is 17.1. The summed E-state index contributed by atoms with van der Waals surface area (Å²) in [6, 6.07) is 9.42. The molecule has 0 unspecified atom stereocenters. The molecule has 0 spiro atoms. The lowest BCUT2D eigenvalue weighted by Gasteiger charge is -2.27. The van der Waals surface area contributed by atoms with E-state index in [1.54, 1.807) is 0 Å². The lowest BCUT2D eigenvalue weighted by Crippen LogP contribution is -2.37.